The molecular formula is C27H31N3O. The molecule has 0 spiro atoms. The molecule has 0 saturated heterocycles. The van der Waals surface area contributed by atoms with Gasteiger partial charge in [0.1, 0.15) is 5.69 Å². The number of nitrogens with zero attached hydrogens (tertiary/aromatic N) is 1. The monoisotopic (exact) mass is 413 g/mol. The van der Waals surface area contributed by atoms with Crippen LogP contribution in [0.5, 0.6) is 0 Å². The van der Waals surface area contributed by atoms with Gasteiger partial charge in [0.2, 0.25) is 0 Å². The molecule has 31 heavy (non-hydrogen) atoms. The fourth-order valence-corrected chi connectivity index (χ4v) is 4.13. The van der Waals surface area contributed by atoms with Crippen LogP contribution < -0.4 is 10.6 Å². The Balaban J connectivity index is 1.66. The Labute approximate surface area is 184 Å². The summed E-state index contributed by atoms with van der Waals surface area (Å²) >= 11 is 0. The summed E-state index contributed by atoms with van der Waals surface area (Å²) in [6.07, 6.45) is 6.37. The molecule has 0 radical (unpaired) electrons. The highest BCUT2D eigenvalue weighted by Gasteiger charge is 2.26. The summed E-state index contributed by atoms with van der Waals surface area (Å²) in [6, 6.07) is 18.0. The Kier molecular flexibility index (Phi) is 5.73. The van der Waals surface area contributed by atoms with E-state index >= 15 is 0 Å². The predicted molar refractivity (Wildman–Crippen MR) is 130 cm³/mol. The second-order valence-corrected chi connectivity index (χ2v) is 9.12. The lowest BCUT2D eigenvalue weighted by Crippen LogP contribution is -2.23. The quantitative estimate of drug-likeness (QED) is 0.411. The second-order valence-electron chi connectivity index (χ2n) is 9.12. The number of anilines is 2. The Morgan fingerprint density at radius 1 is 1.10 bits per heavy atom. The van der Waals surface area contributed by atoms with Crippen LogP contribution in [-0.2, 0) is 6.54 Å². The van der Waals surface area contributed by atoms with Gasteiger partial charge in [-0.25, -0.2) is 0 Å². The predicted octanol–water partition coefficient (Wildman–Crippen LogP) is 6.98. The molecule has 0 fully saturated rings. The number of nitrogens with one attached hydrogen (secondary N) is 2. The number of allylic oxidation sites excluding steroid dienone is 4. The largest absolute Gasteiger partial charge is 0.359 e. The Hall–Kier alpha value is -3.27. The highest BCUT2D eigenvalue weighted by molar-refractivity contribution is 6.06. The maximum absolute atomic E-state index is 13.1. The van der Waals surface area contributed by atoms with Crippen LogP contribution in [0.25, 0.3) is 10.9 Å². The molecule has 0 atom stereocenters. The molecule has 2 aromatic carbocycles. The van der Waals surface area contributed by atoms with Crippen LogP contribution in [0.4, 0.5) is 11.4 Å². The fraction of sp³-hybridized carbons (Fsp3) is 0.296. The molecule has 0 unspecified atom stereocenters. The van der Waals surface area contributed by atoms with Crippen LogP contribution in [0, 0.1) is 5.41 Å². The third-order valence-corrected chi connectivity index (χ3v) is 5.90. The first-order valence-electron chi connectivity index (χ1n) is 10.9. The van der Waals surface area contributed by atoms with E-state index < -0.39 is 0 Å². The van der Waals surface area contributed by atoms with Crippen molar-refractivity contribution in [2.45, 2.75) is 47.1 Å². The number of amides is 1. The lowest BCUT2D eigenvalue weighted by atomic mass is 9.77. The van der Waals surface area contributed by atoms with Crippen LogP contribution in [0.2, 0.25) is 0 Å². The van der Waals surface area contributed by atoms with Crippen molar-refractivity contribution < 1.29 is 4.79 Å². The summed E-state index contributed by atoms with van der Waals surface area (Å²) in [5.41, 5.74) is 6.48. The zero-order valence-electron chi connectivity index (χ0n) is 18.8. The average Bonchev–Trinajstić information content (AvgIpc) is 3.09. The van der Waals surface area contributed by atoms with E-state index in [9.17, 15) is 4.79 Å². The van der Waals surface area contributed by atoms with E-state index in [0.29, 0.717) is 5.69 Å². The minimum Gasteiger partial charge on any atom is -0.359 e. The molecule has 1 heterocycles. The van der Waals surface area contributed by atoms with Crippen molar-refractivity contribution in [2.75, 3.05) is 10.6 Å². The molecule has 4 nitrogen and oxygen atoms in total. The molecule has 0 saturated carbocycles. The molecular weight excluding hydrogens is 382 g/mol. The van der Waals surface area contributed by atoms with Gasteiger partial charge in [-0.05, 0) is 68.5 Å². The third kappa shape index (κ3) is 4.74. The van der Waals surface area contributed by atoms with Crippen molar-refractivity contribution in [3.63, 3.8) is 0 Å². The number of rotatable bonds is 7. The van der Waals surface area contributed by atoms with Crippen molar-refractivity contribution in [1.82, 2.24) is 4.57 Å². The number of aryl methyl sites for hydroxylation is 1. The molecule has 1 amide bonds. The number of carbonyl (C=O) groups excluding carboxylic acids is 1. The third-order valence-electron chi connectivity index (χ3n) is 5.90. The Morgan fingerprint density at radius 3 is 2.52 bits per heavy atom. The van der Waals surface area contributed by atoms with Crippen molar-refractivity contribution in [1.29, 1.82) is 0 Å². The Bertz CT molecular complexity index is 1170. The zero-order chi connectivity index (χ0) is 22.0. The van der Waals surface area contributed by atoms with Gasteiger partial charge in [0.15, 0.2) is 0 Å². The summed E-state index contributed by atoms with van der Waals surface area (Å²) < 4.78 is 2.14. The molecule has 2 N–H and O–H groups in total. The van der Waals surface area contributed by atoms with Crippen LogP contribution >= 0.6 is 0 Å². The number of benzene rings is 2. The van der Waals surface area contributed by atoms with Crippen LogP contribution in [-0.4, -0.2) is 10.5 Å². The van der Waals surface area contributed by atoms with E-state index in [2.05, 4.69) is 73.2 Å². The van der Waals surface area contributed by atoms with E-state index in [-0.39, 0.29) is 11.3 Å². The second kappa shape index (κ2) is 8.46. The van der Waals surface area contributed by atoms with Gasteiger partial charge in [0.25, 0.3) is 5.91 Å². The van der Waals surface area contributed by atoms with Crippen LogP contribution in [0.15, 0.2) is 78.0 Å². The van der Waals surface area contributed by atoms with Crippen molar-refractivity contribution in [3.05, 3.63) is 83.7 Å². The molecule has 1 aliphatic rings. The molecule has 1 aromatic heterocycles. The summed E-state index contributed by atoms with van der Waals surface area (Å²) in [5.74, 6) is -0.0847. The highest BCUT2D eigenvalue weighted by atomic mass is 16.1. The van der Waals surface area contributed by atoms with E-state index in [1.165, 1.54) is 11.3 Å². The zero-order valence-corrected chi connectivity index (χ0v) is 18.8. The lowest BCUT2D eigenvalue weighted by Gasteiger charge is -2.33. The summed E-state index contributed by atoms with van der Waals surface area (Å²) in [6.45, 7) is 9.44. The van der Waals surface area contributed by atoms with Crippen molar-refractivity contribution in [3.8, 4) is 0 Å². The van der Waals surface area contributed by atoms with Gasteiger partial charge in [-0.15, -0.1) is 0 Å². The van der Waals surface area contributed by atoms with Gasteiger partial charge in [-0.1, -0.05) is 49.8 Å². The van der Waals surface area contributed by atoms with E-state index in [4.69, 9.17) is 0 Å². The lowest BCUT2D eigenvalue weighted by molar-refractivity contribution is 0.101. The smallest absolute Gasteiger partial charge is 0.272 e. The first-order chi connectivity index (χ1) is 14.8. The van der Waals surface area contributed by atoms with Gasteiger partial charge in [0.05, 0.1) is 0 Å². The van der Waals surface area contributed by atoms with Gasteiger partial charge in [-0.3, -0.25) is 4.79 Å². The van der Waals surface area contributed by atoms with E-state index in [1.54, 1.807) is 0 Å². The summed E-state index contributed by atoms with van der Waals surface area (Å²) in [5, 5.41) is 7.63. The van der Waals surface area contributed by atoms with Gasteiger partial charge in [-0.2, -0.15) is 0 Å². The Morgan fingerprint density at radius 2 is 1.84 bits per heavy atom. The molecule has 0 aliphatic heterocycles. The minimum absolute atomic E-state index is 0.0847. The van der Waals surface area contributed by atoms with Gasteiger partial charge in [0, 0.05) is 34.5 Å². The molecule has 3 aromatic rings. The van der Waals surface area contributed by atoms with Crippen LogP contribution in [0.3, 0.4) is 0 Å². The normalized spacial score (nSPS) is 15.4. The maximum Gasteiger partial charge on any atom is 0.272 e. The molecule has 1 aliphatic carbocycles. The molecule has 4 heteroatoms. The van der Waals surface area contributed by atoms with E-state index in [1.807, 2.05) is 36.4 Å². The number of para-hydroxylation sites is 1. The van der Waals surface area contributed by atoms with Gasteiger partial charge >= 0.3 is 0 Å². The topological polar surface area (TPSA) is 46.1 Å². The standard InChI is InChI=1S/C27H31N3O/c1-5-19(2)13-14-30-24-12-11-22(28-23-17-27(3,4)18-23)15-20(24)16-25(30)26(31)29-21-9-7-6-8-10-21/h5-12,15-17,28H,13-14,18H2,1-4H3,(H,29,31)/b19-5+. The van der Waals surface area contributed by atoms with E-state index in [0.717, 1.165) is 41.7 Å². The number of aromatic nitrogens is 1. The van der Waals surface area contributed by atoms with Crippen molar-refractivity contribution in [2.24, 2.45) is 5.41 Å². The SMILES string of the molecule is C/C=C(\C)CCn1c(C(=O)Nc2ccccc2)cc2cc(NC3=CC(C)(C)C3)ccc21. The maximum atomic E-state index is 13.1. The molecule has 0 bridgehead atoms. The first kappa shape index (κ1) is 21.0. The number of hydrogen-bond donors (Lipinski definition) is 2. The minimum atomic E-state index is -0.0847. The number of carbonyl (C=O) groups is 1. The molecule has 4 rings (SSSR count). The summed E-state index contributed by atoms with van der Waals surface area (Å²) in [7, 11) is 0. The average molecular weight is 414 g/mol. The fourth-order valence-electron chi connectivity index (χ4n) is 4.13. The first-order valence-corrected chi connectivity index (χ1v) is 10.9. The number of fused-ring (bicyclic) bond motifs is 1. The van der Waals surface area contributed by atoms with Gasteiger partial charge < -0.3 is 15.2 Å². The highest BCUT2D eigenvalue weighted by Crippen LogP contribution is 2.38. The summed E-state index contributed by atoms with van der Waals surface area (Å²) in [4.78, 5) is 13.1. The van der Waals surface area contributed by atoms with Crippen LogP contribution in [0.1, 0.15) is 51.0 Å². The molecule has 160 valence electrons. The number of hydrogen-bond acceptors (Lipinski definition) is 2. The van der Waals surface area contributed by atoms with Crippen molar-refractivity contribution >= 4 is 28.2 Å².